The Morgan fingerprint density at radius 3 is 1.82 bits per heavy atom. The highest BCUT2D eigenvalue weighted by atomic mass is 35.5. The van der Waals surface area contributed by atoms with Crippen LogP contribution in [0.3, 0.4) is 0 Å². The first-order valence-corrected chi connectivity index (χ1v) is 31.9. The molecule has 2 heterocycles. The monoisotopic (exact) mass is 1320 g/mol. The number of halogens is 5. The van der Waals surface area contributed by atoms with E-state index in [0.29, 0.717) is 31.2 Å². The van der Waals surface area contributed by atoms with E-state index in [0.717, 1.165) is 43.9 Å². The lowest BCUT2D eigenvalue weighted by Crippen LogP contribution is -2.64. The van der Waals surface area contributed by atoms with Crippen LogP contribution >= 0.6 is 11.6 Å². The van der Waals surface area contributed by atoms with E-state index >= 15 is 4.79 Å². The zero-order valence-corrected chi connectivity index (χ0v) is 56.3. The van der Waals surface area contributed by atoms with E-state index < -0.39 is 167 Å². The summed E-state index contributed by atoms with van der Waals surface area (Å²) < 4.78 is 55.5. The molecule has 3 fully saturated rings. The molecule has 92 heavy (non-hydrogen) atoms. The van der Waals surface area contributed by atoms with Crippen molar-refractivity contribution in [3.8, 4) is 0 Å². The third-order valence-corrected chi connectivity index (χ3v) is 18.6. The number of nitrogens with zero attached hydrogens (tertiary/aromatic N) is 8. The van der Waals surface area contributed by atoms with Crippen molar-refractivity contribution in [3.05, 3.63) is 70.0 Å². The van der Waals surface area contributed by atoms with E-state index in [1.807, 2.05) is 20.8 Å². The van der Waals surface area contributed by atoms with Crippen LogP contribution in [-0.4, -0.2) is 228 Å². The van der Waals surface area contributed by atoms with Gasteiger partial charge in [0.1, 0.15) is 47.6 Å². The maximum Gasteiger partial charge on any atom is 0.417 e. The number of amides is 11. The summed E-state index contributed by atoms with van der Waals surface area (Å²) in [7, 11) is 9.70. The molecule has 2 aliphatic heterocycles. The van der Waals surface area contributed by atoms with E-state index in [-0.39, 0.29) is 69.4 Å². The van der Waals surface area contributed by atoms with Gasteiger partial charge in [-0.25, -0.2) is 4.39 Å². The quantitative estimate of drug-likeness (QED) is 0.270. The van der Waals surface area contributed by atoms with Crippen LogP contribution in [0.25, 0.3) is 0 Å². The molecule has 1 unspecified atom stereocenters. The van der Waals surface area contributed by atoms with E-state index in [1.165, 1.54) is 87.1 Å². The van der Waals surface area contributed by atoms with Crippen LogP contribution in [0.2, 0.25) is 5.02 Å². The molecule has 8 atom stereocenters. The first kappa shape index (κ1) is 75.3. The fourth-order valence-electron chi connectivity index (χ4n) is 12.3. The molecule has 3 N–H and O–H groups in total. The smallest absolute Gasteiger partial charge is 0.343 e. The molecule has 3 aliphatic rings. The minimum atomic E-state index is -4.77. The second kappa shape index (κ2) is 32.5. The van der Waals surface area contributed by atoms with Crippen LogP contribution in [0.4, 0.5) is 17.6 Å². The van der Waals surface area contributed by atoms with Crippen LogP contribution in [-0.2, 0) is 71.8 Å². The zero-order valence-electron chi connectivity index (χ0n) is 55.6. The number of benzene rings is 2. The summed E-state index contributed by atoms with van der Waals surface area (Å²) >= 11 is 6.10. The van der Waals surface area contributed by atoms with Gasteiger partial charge in [0, 0.05) is 74.8 Å². The fourth-order valence-corrected chi connectivity index (χ4v) is 12.6. The zero-order chi connectivity index (χ0) is 69.0. The molecule has 2 aromatic rings. The van der Waals surface area contributed by atoms with Crippen molar-refractivity contribution >= 4 is 76.6 Å². The summed E-state index contributed by atoms with van der Waals surface area (Å²) in [6, 6.07) is 0.0140. The first-order valence-electron chi connectivity index (χ1n) is 31.6. The predicted molar refractivity (Wildman–Crippen MR) is 336 cm³/mol. The van der Waals surface area contributed by atoms with Crippen molar-refractivity contribution in [2.24, 2.45) is 17.8 Å². The SMILES string of the molecule is CC[C@H](C)[C@@H]1NC(=O)[C@H](CC(C)C)N(C)C(=O)C[C@@H](C)N(C)C(=O)[C@H](C(C)C)N(C)C(=O)C2(CCCC2)NC(=O)C2CCCN2C(=O)[C@H](CCc2ccc(C(F)(F)F)c(Cl)c2)NC(=O)CN(C)C(=O)[C@H](Cc2ccc(F)cc2)N(C)C(=O)CN(C)C(=O)CN(C)C1=O. The van der Waals surface area contributed by atoms with Crippen molar-refractivity contribution in [1.82, 2.24) is 55.1 Å². The molecular formula is C65H94ClF4N11O11. The molecule has 510 valence electrons. The highest BCUT2D eigenvalue weighted by Gasteiger charge is 2.50. The Balaban J connectivity index is 1.57. The van der Waals surface area contributed by atoms with Gasteiger partial charge in [0.05, 0.1) is 30.2 Å². The number of likely N-dealkylation sites (N-methyl/N-ethyl adjacent to an activating group) is 7. The summed E-state index contributed by atoms with van der Waals surface area (Å²) in [5.41, 5.74) is -1.94. The molecule has 22 nitrogen and oxygen atoms in total. The third-order valence-electron chi connectivity index (χ3n) is 18.3. The van der Waals surface area contributed by atoms with Crippen LogP contribution in [0.5, 0.6) is 0 Å². The van der Waals surface area contributed by atoms with Crippen LogP contribution in [0, 0.1) is 23.6 Å². The Hall–Kier alpha value is -7.38. The van der Waals surface area contributed by atoms with Gasteiger partial charge in [0.25, 0.3) is 0 Å². The normalized spacial score (nSPS) is 24.9. The Morgan fingerprint density at radius 2 is 1.24 bits per heavy atom. The molecule has 1 aliphatic carbocycles. The number of carbonyl (C=O) groups excluding carboxylic acids is 11. The average molecular weight is 1320 g/mol. The number of aryl methyl sites for hydroxylation is 1. The first-order chi connectivity index (χ1) is 42.9. The van der Waals surface area contributed by atoms with Gasteiger partial charge in [-0.05, 0) is 105 Å². The van der Waals surface area contributed by atoms with Gasteiger partial charge >= 0.3 is 6.18 Å². The van der Waals surface area contributed by atoms with Crippen LogP contribution in [0.15, 0.2) is 42.5 Å². The molecule has 2 saturated heterocycles. The van der Waals surface area contributed by atoms with Gasteiger partial charge in [-0.1, -0.05) is 90.6 Å². The van der Waals surface area contributed by atoms with Gasteiger partial charge in [-0.2, -0.15) is 13.2 Å². The standard InChI is InChI=1S/C65H94ClF4N11O11/c1-15-40(6)55-61(90)76(10)36-53(84)74(8)37-54(85)79(13)50(34-43-20-24-44(67)25-21-43)60(89)75(9)35-51(82)71-47(27-23-42-22-26-45(46(66)33-42)65(68,69)70)59(88)81-30-18-19-48(81)58(87)73-64(28-16-17-29-64)63(92)80(14)56(39(4)5)62(91)77(11)41(7)32-52(83)78(12)49(31-38(2)3)57(86)72-55/h20-22,24-26,33,38-41,47-50,55-56H,15-19,23,27-32,34-37H2,1-14H3,(H,71,82)(H,72,86)(H,73,87)/t40-,41+,47-,48?,49-,50-,55-,56-/m0/s1. The van der Waals surface area contributed by atoms with Crippen molar-refractivity contribution in [2.45, 2.75) is 180 Å². The summed E-state index contributed by atoms with van der Waals surface area (Å²) in [6.45, 7) is 10.6. The topological polar surface area (TPSA) is 250 Å². The predicted octanol–water partition coefficient (Wildman–Crippen LogP) is 4.92. The Morgan fingerprint density at radius 1 is 0.652 bits per heavy atom. The molecule has 0 aromatic heterocycles. The molecule has 0 radical (unpaired) electrons. The number of carbonyl (C=O) groups is 11. The second-order valence-corrected chi connectivity index (χ2v) is 26.5. The summed E-state index contributed by atoms with van der Waals surface area (Å²) in [4.78, 5) is 169. The molecule has 0 bridgehead atoms. The number of hydrogen-bond donors (Lipinski definition) is 3. The van der Waals surface area contributed by atoms with Gasteiger partial charge in [0.2, 0.25) is 65.0 Å². The van der Waals surface area contributed by atoms with E-state index in [4.69, 9.17) is 11.6 Å². The minimum Gasteiger partial charge on any atom is -0.343 e. The van der Waals surface area contributed by atoms with E-state index in [9.17, 15) is 65.5 Å². The van der Waals surface area contributed by atoms with E-state index in [1.54, 1.807) is 27.7 Å². The third kappa shape index (κ3) is 18.9. The molecule has 27 heteroatoms. The van der Waals surface area contributed by atoms with Gasteiger partial charge in [-0.15, -0.1) is 0 Å². The molecule has 1 saturated carbocycles. The fraction of sp³-hybridized carbons (Fsp3) is 0.646. The van der Waals surface area contributed by atoms with Crippen LogP contribution in [0.1, 0.15) is 129 Å². The van der Waals surface area contributed by atoms with Gasteiger partial charge in [-0.3, -0.25) is 52.7 Å². The number of fused-ring (bicyclic) bond motifs is 1. The lowest BCUT2D eigenvalue weighted by molar-refractivity contribution is -0.152. The van der Waals surface area contributed by atoms with Crippen molar-refractivity contribution in [1.29, 1.82) is 0 Å². The lowest BCUT2D eigenvalue weighted by atomic mass is 9.91. The Bertz CT molecular complexity index is 3020. The average Bonchev–Trinajstić information content (AvgIpc) is 1.50. The summed E-state index contributed by atoms with van der Waals surface area (Å²) in [5.74, 6) is -9.08. The van der Waals surface area contributed by atoms with Crippen molar-refractivity contribution in [2.75, 3.05) is 75.5 Å². The summed E-state index contributed by atoms with van der Waals surface area (Å²) in [6.07, 6.45) is -3.10. The molecule has 1 spiro atoms. The Kier molecular flexibility index (Phi) is 26.6. The number of alkyl halides is 3. The Labute approximate surface area is 542 Å². The largest absolute Gasteiger partial charge is 0.417 e. The van der Waals surface area contributed by atoms with Gasteiger partial charge in [0.15, 0.2) is 0 Å². The lowest BCUT2D eigenvalue weighted by Gasteiger charge is -2.41. The highest BCUT2D eigenvalue weighted by Crippen LogP contribution is 2.36. The minimum absolute atomic E-state index is 0.0205. The molecule has 11 amide bonds. The summed E-state index contributed by atoms with van der Waals surface area (Å²) in [5, 5.41) is 7.94. The second-order valence-electron chi connectivity index (χ2n) is 26.1. The van der Waals surface area contributed by atoms with E-state index in [2.05, 4.69) is 16.0 Å². The number of hydrogen-bond acceptors (Lipinski definition) is 11. The number of rotatable bonds is 10. The molecular weight excluding hydrogens is 1220 g/mol. The highest BCUT2D eigenvalue weighted by molar-refractivity contribution is 6.31. The molecule has 2 aromatic carbocycles. The molecule has 5 rings (SSSR count). The maximum absolute atomic E-state index is 15.1. The van der Waals surface area contributed by atoms with Crippen molar-refractivity contribution < 1.29 is 70.3 Å². The number of nitrogens with one attached hydrogen (secondary N) is 3. The maximum atomic E-state index is 15.1. The van der Waals surface area contributed by atoms with Gasteiger partial charge < -0.3 is 55.1 Å². The van der Waals surface area contributed by atoms with Crippen LogP contribution < -0.4 is 16.0 Å². The van der Waals surface area contributed by atoms with Crippen molar-refractivity contribution in [3.63, 3.8) is 0 Å².